The van der Waals surface area contributed by atoms with Gasteiger partial charge in [-0.2, -0.15) is 0 Å². The molecule has 0 spiro atoms. The molecule has 0 radical (unpaired) electrons. The summed E-state index contributed by atoms with van der Waals surface area (Å²) in [6.07, 6.45) is 4.88. The van der Waals surface area contributed by atoms with Crippen LogP contribution in [0.1, 0.15) is 42.5 Å². The number of anilines is 1. The quantitative estimate of drug-likeness (QED) is 0.780. The van der Waals surface area contributed by atoms with E-state index in [4.69, 9.17) is 0 Å². The number of benzene rings is 2. The molecule has 0 saturated carbocycles. The first-order valence-electron chi connectivity index (χ1n) is 7.40. The molecule has 1 nitrogen and oxygen atoms in total. The molecule has 0 bridgehead atoms. The van der Waals surface area contributed by atoms with Crippen molar-refractivity contribution in [1.29, 1.82) is 0 Å². The van der Waals surface area contributed by atoms with Gasteiger partial charge < -0.3 is 5.32 Å². The predicted octanol–water partition coefficient (Wildman–Crippen LogP) is 5.50. The van der Waals surface area contributed by atoms with E-state index in [1.807, 2.05) is 0 Å². The fourth-order valence-corrected chi connectivity index (χ4v) is 3.24. The molecule has 2 aromatic carbocycles. The highest BCUT2D eigenvalue weighted by molar-refractivity contribution is 9.10. The fourth-order valence-electron chi connectivity index (χ4n) is 2.98. The Morgan fingerprint density at radius 1 is 1.05 bits per heavy atom. The zero-order valence-corrected chi connectivity index (χ0v) is 13.4. The van der Waals surface area contributed by atoms with Crippen molar-refractivity contribution >= 4 is 21.6 Å². The second-order valence-corrected chi connectivity index (χ2v) is 6.41. The van der Waals surface area contributed by atoms with Crippen molar-refractivity contribution < 1.29 is 0 Å². The summed E-state index contributed by atoms with van der Waals surface area (Å²) >= 11 is 3.50. The zero-order chi connectivity index (χ0) is 13.9. The smallest absolute Gasteiger partial charge is 0.0511 e. The molecule has 1 atom stereocenters. The molecule has 0 saturated heterocycles. The van der Waals surface area contributed by atoms with Gasteiger partial charge in [0.05, 0.1) is 6.04 Å². The first kappa shape index (κ1) is 13.7. The van der Waals surface area contributed by atoms with E-state index in [9.17, 15) is 0 Å². The predicted molar refractivity (Wildman–Crippen MR) is 89.3 cm³/mol. The number of hydrogen-bond acceptors (Lipinski definition) is 1. The molecule has 20 heavy (non-hydrogen) atoms. The first-order valence-corrected chi connectivity index (χ1v) is 8.19. The molecular weight excluding hydrogens is 310 g/mol. The van der Waals surface area contributed by atoms with E-state index in [-0.39, 0.29) is 0 Å². The van der Waals surface area contributed by atoms with E-state index in [1.54, 1.807) is 0 Å². The minimum Gasteiger partial charge on any atom is -0.378 e. The van der Waals surface area contributed by atoms with Crippen LogP contribution in [0.3, 0.4) is 0 Å². The van der Waals surface area contributed by atoms with Crippen molar-refractivity contribution in [1.82, 2.24) is 0 Å². The van der Waals surface area contributed by atoms with Crippen LogP contribution < -0.4 is 5.32 Å². The monoisotopic (exact) mass is 329 g/mol. The van der Waals surface area contributed by atoms with E-state index in [0.717, 1.165) is 10.9 Å². The molecular formula is C18H20BrN. The molecule has 0 aromatic heterocycles. The van der Waals surface area contributed by atoms with Crippen molar-refractivity contribution in [2.45, 2.75) is 38.6 Å². The third-order valence-electron chi connectivity index (χ3n) is 4.12. The Balaban J connectivity index is 1.79. The number of halogens is 1. The first-order chi connectivity index (χ1) is 9.76. The summed E-state index contributed by atoms with van der Waals surface area (Å²) in [7, 11) is 0. The average Bonchev–Trinajstić information content (AvgIpc) is 2.93. The van der Waals surface area contributed by atoms with Crippen LogP contribution in [-0.4, -0.2) is 0 Å². The third-order valence-corrected chi connectivity index (χ3v) is 4.65. The molecule has 1 unspecified atom stereocenters. The normalized spacial score (nSPS) is 14.9. The van der Waals surface area contributed by atoms with Crippen molar-refractivity contribution in [3.05, 3.63) is 63.6 Å². The summed E-state index contributed by atoms with van der Waals surface area (Å²) in [5, 5.41) is 3.68. The Hall–Kier alpha value is -1.28. The maximum Gasteiger partial charge on any atom is 0.0511 e. The van der Waals surface area contributed by atoms with Crippen LogP contribution in [0, 0.1) is 0 Å². The number of aryl methyl sites for hydroxylation is 2. The van der Waals surface area contributed by atoms with Gasteiger partial charge in [0.1, 0.15) is 0 Å². The summed E-state index contributed by atoms with van der Waals surface area (Å²) in [6, 6.07) is 15.8. The maximum atomic E-state index is 3.68. The van der Waals surface area contributed by atoms with Gasteiger partial charge in [-0.05, 0) is 66.6 Å². The lowest BCUT2D eigenvalue weighted by Crippen LogP contribution is -2.09. The van der Waals surface area contributed by atoms with Crippen LogP contribution in [0.5, 0.6) is 0 Å². The minimum atomic E-state index is 0.377. The van der Waals surface area contributed by atoms with Crippen LogP contribution in [0.15, 0.2) is 46.9 Å². The summed E-state index contributed by atoms with van der Waals surface area (Å²) in [4.78, 5) is 0. The van der Waals surface area contributed by atoms with E-state index in [2.05, 4.69) is 70.6 Å². The lowest BCUT2D eigenvalue weighted by Gasteiger charge is -2.19. The highest BCUT2D eigenvalue weighted by Crippen LogP contribution is 2.28. The molecule has 0 fully saturated rings. The molecule has 1 N–H and O–H groups in total. The van der Waals surface area contributed by atoms with E-state index in [1.165, 1.54) is 41.6 Å². The van der Waals surface area contributed by atoms with Crippen LogP contribution in [-0.2, 0) is 12.8 Å². The van der Waals surface area contributed by atoms with Gasteiger partial charge in [0.25, 0.3) is 0 Å². The summed E-state index contributed by atoms with van der Waals surface area (Å²) in [5.41, 5.74) is 5.66. The van der Waals surface area contributed by atoms with Crippen LogP contribution in [0.25, 0.3) is 0 Å². The van der Waals surface area contributed by atoms with Crippen molar-refractivity contribution in [3.63, 3.8) is 0 Å². The fraction of sp³-hybridized carbons (Fsp3) is 0.333. The molecule has 1 aliphatic rings. The van der Waals surface area contributed by atoms with Crippen molar-refractivity contribution in [3.8, 4) is 0 Å². The molecule has 104 valence electrons. The lowest BCUT2D eigenvalue weighted by molar-refractivity contribution is 0.749. The second-order valence-electron chi connectivity index (χ2n) is 5.49. The van der Waals surface area contributed by atoms with Crippen LogP contribution in [0.2, 0.25) is 0 Å². The van der Waals surface area contributed by atoms with E-state index in [0.29, 0.717) is 6.04 Å². The molecule has 1 aliphatic carbocycles. The van der Waals surface area contributed by atoms with Gasteiger partial charge in [0.15, 0.2) is 0 Å². The Kier molecular flexibility index (Phi) is 4.11. The summed E-state index contributed by atoms with van der Waals surface area (Å²) in [5.74, 6) is 0. The molecule has 0 aliphatic heterocycles. The van der Waals surface area contributed by atoms with Gasteiger partial charge in [-0.1, -0.05) is 41.1 Å². The zero-order valence-electron chi connectivity index (χ0n) is 11.8. The van der Waals surface area contributed by atoms with Gasteiger partial charge in [-0.15, -0.1) is 0 Å². The highest BCUT2D eigenvalue weighted by atomic mass is 79.9. The minimum absolute atomic E-state index is 0.377. The second kappa shape index (κ2) is 6.01. The Morgan fingerprint density at radius 2 is 1.80 bits per heavy atom. The van der Waals surface area contributed by atoms with E-state index < -0.39 is 0 Å². The van der Waals surface area contributed by atoms with Gasteiger partial charge in [-0.3, -0.25) is 0 Å². The van der Waals surface area contributed by atoms with Gasteiger partial charge in [0.2, 0.25) is 0 Å². The Morgan fingerprint density at radius 3 is 2.55 bits per heavy atom. The molecule has 0 heterocycles. The Labute approximate surface area is 129 Å². The number of fused-ring (bicyclic) bond motifs is 1. The number of hydrogen-bond donors (Lipinski definition) is 1. The molecule has 2 heteroatoms. The van der Waals surface area contributed by atoms with Crippen molar-refractivity contribution in [2.24, 2.45) is 0 Å². The van der Waals surface area contributed by atoms with Crippen LogP contribution >= 0.6 is 15.9 Å². The summed E-state index contributed by atoms with van der Waals surface area (Å²) in [6.45, 7) is 2.23. The van der Waals surface area contributed by atoms with Gasteiger partial charge in [0, 0.05) is 10.2 Å². The lowest BCUT2D eigenvalue weighted by atomic mass is 10.0. The molecule has 0 amide bonds. The number of rotatable bonds is 4. The Bertz CT molecular complexity index is 589. The van der Waals surface area contributed by atoms with Crippen LogP contribution in [0.4, 0.5) is 5.69 Å². The maximum absolute atomic E-state index is 3.68. The standard InChI is InChI=1S/C18H20BrN/c1-2-18(14-6-9-16(19)10-7-14)20-17-11-8-13-4-3-5-15(13)12-17/h6-12,18,20H,2-5H2,1H3. The molecule has 2 aromatic rings. The molecule has 3 rings (SSSR count). The largest absolute Gasteiger partial charge is 0.378 e. The SMILES string of the molecule is CCC(Nc1ccc2c(c1)CCC2)c1ccc(Br)cc1. The topological polar surface area (TPSA) is 12.0 Å². The summed E-state index contributed by atoms with van der Waals surface area (Å²) < 4.78 is 1.13. The van der Waals surface area contributed by atoms with Gasteiger partial charge >= 0.3 is 0 Å². The van der Waals surface area contributed by atoms with Gasteiger partial charge in [-0.25, -0.2) is 0 Å². The van der Waals surface area contributed by atoms with Crippen molar-refractivity contribution in [2.75, 3.05) is 5.32 Å². The third kappa shape index (κ3) is 2.90. The highest BCUT2D eigenvalue weighted by Gasteiger charge is 2.13. The average molecular weight is 330 g/mol. The number of nitrogens with one attached hydrogen (secondary N) is 1. The van der Waals surface area contributed by atoms with E-state index >= 15 is 0 Å².